The Bertz CT molecular complexity index is 696. The van der Waals surface area contributed by atoms with Crippen molar-refractivity contribution in [2.45, 2.75) is 44.7 Å². The van der Waals surface area contributed by atoms with E-state index in [1.807, 2.05) is 32.9 Å². The minimum atomic E-state index is -0.301. The number of nitrogen functional groups attached to an aromatic ring is 1. The van der Waals surface area contributed by atoms with Crippen LogP contribution in [0.4, 0.5) is 0 Å². The van der Waals surface area contributed by atoms with Crippen LogP contribution in [0.25, 0.3) is 0 Å². The number of hydrogen-bond acceptors (Lipinski definition) is 6. The third kappa shape index (κ3) is 4.64. The van der Waals surface area contributed by atoms with Crippen molar-refractivity contribution in [2.75, 3.05) is 12.4 Å². The summed E-state index contributed by atoms with van der Waals surface area (Å²) in [5.41, 5.74) is 2.26. The zero-order chi connectivity index (χ0) is 17.7. The number of rotatable bonds is 7. The molecule has 3 N–H and O–H groups in total. The van der Waals surface area contributed by atoms with Crippen LogP contribution in [0.2, 0.25) is 0 Å². The van der Waals surface area contributed by atoms with Crippen LogP contribution >= 0.6 is 11.8 Å². The predicted molar refractivity (Wildman–Crippen MR) is 94.4 cm³/mol. The molecule has 7 nitrogen and oxygen atoms in total. The number of nitrogens with two attached hydrogens (primary N) is 1. The SMILES string of the molecule is CCNC(=O)C(C)Sc1nnc(COc2cc(C)cc(C)c2)n1N. The second-order valence-electron chi connectivity index (χ2n) is 5.54. The minimum absolute atomic E-state index is 0.0569. The van der Waals surface area contributed by atoms with E-state index in [2.05, 4.69) is 21.6 Å². The molecule has 1 amide bonds. The molecule has 1 aromatic carbocycles. The van der Waals surface area contributed by atoms with Crippen molar-refractivity contribution in [2.24, 2.45) is 0 Å². The number of amides is 1. The number of nitrogens with zero attached hydrogens (tertiary/aromatic N) is 3. The Balaban J connectivity index is 2.00. The maximum atomic E-state index is 11.8. The number of carbonyl (C=O) groups excluding carboxylic acids is 1. The molecule has 1 heterocycles. The fraction of sp³-hybridized carbons (Fsp3) is 0.438. The number of benzene rings is 1. The Hall–Kier alpha value is -2.22. The number of aromatic nitrogens is 3. The molecule has 1 unspecified atom stereocenters. The zero-order valence-corrected chi connectivity index (χ0v) is 15.2. The molecule has 0 aliphatic carbocycles. The van der Waals surface area contributed by atoms with E-state index >= 15 is 0 Å². The molecule has 0 spiro atoms. The minimum Gasteiger partial charge on any atom is -0.486 e. The van der Waals surface area contributed by atoms with E-state index in [0.717, 1.165) is 16.9 Å². The van der Waals surface area contributed by atoms with E-state index in [-0.39, 0.29) is 17.8 Å². The quantitative estimate of drug-likeness (QED) is 0.585. The highest BCUT2D eigenvalue weighted by atomic mass is 32.2. The van der Waals surface area contributed by atoms with Crippen molar-refractivity contribution in [3.05, 3.63) is 35.2 Å². The summed E-state index contributed by atoms with van der Waals surface area (Å²) in [5, 5.41) is 11.0. The Morgan fingerprint density at radius 3 is 2.62 bits per heavy atom. The standard InChI is InChI=1S/C16H23N5O2S/c1-5-18-15(22)12(4)24-16-20-19-14(21(16)17)9-23-13-7-10(2)6-11(3)8-13/h6-8,12H,5,9,17H2,1-4H3,(H,18,22). The molecule has 2 rings (SSSR count). The van der Waals surface area contributed by atoms with Crippen LogP contribution in [0.3, 0.4) is 0 Å². The van der Waals surface area contributed by atoms with Gasteiger partial charge >= 0.3 is 0 Å². The molecule has 0 aliphatic rings. The third-order valence-electron chi connectivity index (χ3n) is 3.30. The van der Waals surface area contributed by atoms with E-state index < -0.39 is 0 Å². The molecule has 1 atom stereocenters. The van der Waals surface area contributed by atoms with Gasteiger partial charge in [-0.15, -0.1) is 10.2 Å². The molecular formula is C16H23N5O2S. The fourth-order valence-corrected chi connectivity index (χ4v) is 2.99. The van der Waals surface area contributed by atoms with Gasteiger partial charge in [0.25, 0.3) is 0 Å². The summed E-state index contributed by atoms with van der Waals surface area (Å²) in [4.78, 5) is 11.8. The molecule has 2 aromatic rings. The largest absolute Gasteiger partial charge is 0.486 e. The molecule has 24 heavy (non-hydrogen) atoms. The van der Waals surface area contributed by atoms with Crippen molar-refractivity contribution in [3.63, 3.8) is 0 Å². The van der Waals surface area contributed by atoms with Crippen LogP contribution in [0.1, 0.15) is 30.8 Å². The van der Waals surface area contributed by atoms with Gasteiger partial charge in [-0.25, -0.2) is 4.68 Å². The van der Waals surface area contributed by atoms with Crippen molar-refractivity contribution < 1.29 is 9.53 Å². The van der Waals surface area contributed by atoms with Gasteiger partial charge in [-0.05, 0) is 51.0 Å². The number of thioether (sulfide) groups is 1. The van der Waals surface area contributed by atoms with E-state index in [1.165, 1.54) is 16.4 Å². The number of hydrogen-bond donors (Lipinski definition) is 2. The molecule has 0 radical (unpaired) electrons. The zero-order valence-electron chi connectivity index (χ0n) is 14.4. The second-order valence-corrected chi connectivity index (χ2v) is 6.84. The van der Waals surface area contributed by atoms with Gasteiger partial charge in [0, 0.05) is 6.54 Å². The number of nitrogens with one attached hydrogen (secondary N) is 1. The van der Waals surface area contributed by atoms with Crippen LogP contribution in [0.5, 0.6) is 5.75 Å². The first-order valence-electron chi connectivity index (χ1n) is 7.75. The van der Waals surface area contributed by atoms with E-state index in [4.69, 9.17) is 10.6 Å². The number of aryl methyl sites for hydroxylation is 2. The van der Waals surface area contributed by atoms with Gasteiger partial charge < -0.3 is 15.9 Å². The van der Waals surface area contributed by atoms with Crippen molar-refractivity contribution in [1.29, 1.82) is 0 Å². The topological polar surface area (TPSA) is 95.1 Å². The van der Waals surface area contributed by atoms with Gasteiger partial charge in [-0.1, -0.05) is 17.8 Å². The van der Waals surface area contributed by atoms with Crippen LogP contribution in [0.15, 0.2) is 23.4 Å². The van der Waals surface area contributed by atoms with Gasteiger partial charge in [-0.3, -0.25) is 4.79 Å². The van der Waals surface area contributed by atoms with E-state index in [0.29, 0.717) is 17.5 Å². The maximum absolute atomic E-state index is 11.8. The summed E-state index contributed by atoms with van der Waals surface area (Å²) < 4.78 is 7.11. The Kier molecular flexibility index (Phi) is 6.08. The first kappa shape index (κ1) is 18.1. The number of carbonyl (C=O) groups is 1. The average Bonchev–Trinajstić information content (AvgIpc) is 2.85. The molecule has 0 fully saturated rings. The van der Waals surface area contributed by atoms with Crippen LogP contribution in [-0.4, -0.2) is 32.6 Å². The molecule has 0 bridgehead atoms. The molecule has 0 saturated heterocycles. The van der Waals surface area contributed by atoms with Gasteiger partial charge in [0.1, 0.15) is 12.4 Å². The summed E-state index contributed by atoms with van der Waals surface area (Å²) in [5.74, 6) is 7.22. The lowest BCUT2D eigenvalue weighted by molar-refractivity contribution is -0.120. The number of ether oxygens (including phenoxy) is 1. The molecule has 0 aliphatic heterocycles. The molecule has 8 heteroatoms. The van der Waals surface area contributed by atoms with Gasteiger partial charge in [0.2, 0.25) is 11.1 Å². The Morgan fingerprint density at radius 1 is 1.33 bits per heavy atom. The monoisotopic (exact) mass is 349 g/mol. The third-order valence-corrected chi connectivity index (χ3v) is 4.36. The summed E-state index contributed by atoms with van der Waals surface area (Å²) >= 11 is 1.26. The highest BCUT2D eigenvalue weighted by molar-refractivity contribution is 8.00. The Morgan fingerprint density at radius 2 is 2.00 bits per heavy atom. The van der Waals surface area contributed by atoms with Crippen molar-refractivity contribution in [1.82, 2.24) is 20.2 Å². The molecule has 1 aromatic heterocycles. The summed E-state index contributed by atoms with van der Waals surface area (Å²) in [7, 11) is 0. The van der Waals surface area contributed by atoms with E-state index in [9.17, 15) is 4.79 Å². The maximum Gasteiger partial charge on any atom is 0.233 e. The fourth-order valence-electron chi connectivity index (χ4n) is 2.18. The van der Waals surface area contributed by atoms with Crippen LogP contribution in [0, 0.1) is 13.8 Å². The first-order valence-corrected chi connectivity index (χ1v) is 8.63. The summed E-state index contributed by atoms with van der Waals surface area (Å²) in [6.45, 7) is 8.52. The Labute approximate surface area is 145 Å². The average molecular weight is 349 g/mol. The normalized spacial score (nSPS) is 12.0. The van der Waals surface area contributed by atoms with Crippen molar-refractivity contribution >= 4 is 17.7 Å². The molecule has 130 valence electrons. The highest BCUT2D eigenvalue weighted by Gasteiger charge is 2.19. The van der Waals surface area contributed by atoms with Crippen LogP contribution in [-0.2, 0) is 11.4 Å². The molecule has 0 saturated carbocycles. The lowest BCUT2D eigenvalue weighted by atomic mass is 10.1. The van der Waals surface area contributed by atoms with Gasteiger partial charge in [0.15, 0.2) is 5.82 Å². The summed E-state index contributed by atoms with van der Waals surface area (Å²) in [6, 6.07) is 5.99. The lowest BCUT2D eigenvalue weighted by Crippen LogP contribution is -2.31. The predicted octanol–water partition coefficient (Wildman–Crippen LogP) is 1.80. The lowest BCUT2D eigenvalue weighted by Gasteiger charge is -2.10. The van der Waals surface area contributed by atoms with E-state index in [1.54, 1.807) is 6.92 Å². The first-order chi connectivity index (χ1) is 11.4. The van der Waals surface area contributed by atoms with Crippen LogP contribution < -0.4 is 15.9 Å². The smallest absolute Gasteiger partial charge is 0.233 e. The van der Waals surface area contributed by atoms with Gasteiger partial charge in [-0.2, -0.15) is 0 Å². The van der Waals surface area contributed by atoms with Gasteiger partial charge in [0.05, 0.1) is 5.25 Å². The van der Waals surface area contributed by atoms with Crippen molar-refractivity contribution in [3.8, 4) is 5.75 Å². The summed E-state index contributed by atoms with van der Waals surface area (Å²) in [6.07, 6.45) is 0. The molecular weight excluding hydrogens is 326 g/mol. The highest BCUT2D eigenvalue weighted by Crippen LogP contribution is 2.22. The second kappa shape index (κ2) is 8.05.